The van der Waals surface area contributed by atoms with E-state index >= 15 is 0 Å². The van der Waals surface area contributed by atoms with Gasteiger partial charge in [-0.15, -0.1) is 53.6 Å². The third-order valence-electron chi connectivity index (χ3n) is 11.4. The van der Waals surface area contributed by atoms with E-state index in [1.807, 2.05) is 67.8 Å². The number of para-hydroxylation sites is 4. The van der Waals surface area contributed by atoms with Crippen LogP contribution in [0.3, 0.4) is 0 Å². The summed E-state index contributed by atoms with van der Waals surface area (Å²) in [6.07, 6.45) is -0.172. The Morgan fingerprint density at radius 2 is 1.21 bits per heavy atom. The maximum Gasteiger partial charge on any atom is 0.135 e. The Morgan fingerprint density at radius 1 is 0.597 bits per heavy atom. The van der Waals surface area contributed by atoms with Crippen molar-refractivity contribution in [3.05, 3.63) is 200 Å². The van der Waals surface area contributed by atoms with Crippen LogP contribution in [0.15, 0.2) is 170 Å². The van der Waals surface area contributed by atoms with Gasteiger partial charge in [-0.1, -0.05) is 156 Å². The first-order valence-electron chi connectivity index (χ1n) is 22.2. The van der Waals surface area contributed by atoms with Crippen LogP contribution < -0.4 is 14.5 Å². The fourth-order valence-electron chi connectivity index (χ4n) is 8.19. The van der Waals surface area contributed by atoms with Gasteiger partial charge in [-0.05, 0) is 63.2 Å². The predicted molar refractivity (Wildman–Crippen MR) is 252 cm³/mol. The summed E-state index contributed by atoms with van der Waals surface area (Å²) >= 11 is 0. The number of ether oxygens (including phenoxy) is 1. The van der Waals surface area contributed by atoms with E-state index in [4.69, 9.17) is 7.48 Å². The average molecular weight is 990 g/mol. The van der Waals surface area contributed by atoms with Crippen molar-refractivity contribution in [3.63, 3.8) is 0 Å². The number of rotatable bonds is 7. The van der Waals surface area contributed by atoms with E-state index in [1.54, 1.807) is 0 Å². The first-order valence-corrected chi connectivity index (χ1v) is 20.7. The second-order valence-electron chi connectivity index (χ2n) is 17.6. The van der Waals surface area contributed by atoms with Crippen LogP contribution in [0.4, 0.5) is 22.7 Å². The molecule has 6 heteroatoms. The number of hydrogen-bond donors (Lipinski definition) is 0. The molecule has 0 N–H and O–H groups in total. The van der Waals surface area contributed by atoms with Crippen LogP contribution in [0.5, 0.6) is 11.5 Å². The average Bonchev–Trinajstić information content (AvgIpc) is 3.83. The molecule has 0 radical (unpaired) electrons. The molecule has 0 aliphatic carbocycles. The predicted octanol–water partition coefficient (Wildman–Crippen LogP) is 14.9. The van der Waals surface area contributed by atoms with Gasteiger partial charge >= 0.3 is 0 Å². The maximum atomic E-state index is 9.37. The van der Waals surface area contributed by atoms with Gasteiger partial charge in [0.15, 0.2) is 0 Å². The van der Waals surface area contributed by atoms with Crippen LogP contribution in [0, 0.1) is 18.8 Å². The van der Waals surface area contributed by atoms with Gasteiger partial charge in [-0.3, -0.25) is 0 Å². The van der Waals surface area contributed by atoms with Crippen molar-refractivity contribution in [1.29, 1.82) is 0 Å². The molecule has 0 saturated carbocycles. The van der Waals surface area contributed by atoms with Gasteiger partial charge in [0.05, 0.1) is 4.11 Å². The van der Waals surface area contributed by atoms with Gasteiger partial charge in [-0.25, -0.2) is 4.98 Å². The van der Waals surface area contributed by atoms with E-state index < -0.39 is 5.41 Å². The van der Waals surface area contributed by atoms with Crippen LogP contribution in [-0.4, -0.2) is 9.55 Å². The molecule has 0 fully saturated rings. The van der Waals surface area contributed by atoms with Gasteiger partial charge in [0.25, 0.3) is 0 Å². The van der Waals surface area contributed by atoms with E-state index in [1.165, 1.54) is 0 Å². The Bertz CT molecular complexity index is 3190. The second-order valence-corrected chi connectivity index (χ2v) is 17.6. The van der Waals surface area contributed by atoms with Crippen LogP contribution in [-0.2, 0) is 31.9 Å². The topological polar surface area (TPSA) is 33.5 Å². The largest absolute Gasteiger partial charge is 0.509 e. The van der Waals surface area contributed by atoms with Crippen LogP contribution in [0.2, 0.25) is 0 Å². The summed E-state index contributed by atoms with van der Waals surface area (Å²) in [5.41, 5.74) is 10.7. The molecule has 0 amide bonds. The number of nitrogens with zero attached hydrogens (tertiary/aromatic N) is 4. The number of benzene rings is 7. The molecule has 0 unspecified atom stereocenters. The molecule has 0 atom stereocenters. The monoisotopic (exact) mass is 989 g/mol. The number of pyridine rings is 1. The maximum absolute atomic E-state index is 9.37. The Kier molecular flexibility index (Phi) is 9.71. The molecular formula is C56H47N4OPt-3. The summed E-state index contributed by atoms with van der Waals surface area (Å²) in [5, 5.41) is 1.87. The molecule has 1 aliphatic rings. The Labute approximate surface area is 383 Å². The van der Waals surface area contributed by atoms with Crippen molar-refractivity contribution < 1.29 is 29.9 Å². The van der Waals surface area contributed by atoms with Gasteiger partial charge in [-0.2, -0.15) is 6.07 Å². The van der Waals surface area contributed by atoms with E-state index in [0.29, 0.717) is 22.6 Å². The van der Waals surface area contributed by atoms with Gasteiger partial charge in [0.1, 0.15) is 5.82 Å². The molecule has 1 aliphatic heterocycles. The Morgan fingerprint density at radius 3 is 1.87 bits per heavy atom. The minimum absolute atomic E-state index is 0. The number of aromatic nitrogens is 2. The molecule has 310 valence electrons. The molecule has 0 saturated heterocycles. The van der Waals surface area contributed by atoms with Gasteiger partial charge < -0.3 is 19.1 Å². The fraction of sp³-hybridized carbons (Fsp3) is 0.143. The van der Waals surface area contributed by atoms with Gasteiger partial charge in [0.2, 0.25) is 0 Å². The van der Waals surface area contributed by atoms with E-state index in [0.717, 1.165) is 66.9 Å². The minimum atomic E-state index is -0.552. The quantitative estimate of drug-likeness (QED) is 0.149. The summed E-state index contributed by atoms with van der Waals surface area (Å²) in [7, 11) is 0. The van der Waals surface area contributed by atoms with Gasteiger partial charge in [0, 0.05) is 72.4 Å². The van der Waals surface area contributed by atoms with E-state index in [-0.39, 0.29) is 50.6 Å². The SMILES string of the molecule is [2H]c1nc(-n2c3[c-]c(Oc4[c-]c(N5[CH-]N(c6c(-c7ccccc7)cccc6-c6ccccc6)c6ccccc65)cc(C(C)(C)C)c4)ccc3c3ccccc32)c([2H])c(C(C)(C)C)c1[2H].[Pt]. The smallest absolute Gasteiger partial charge is 0.135 e. The summed E-state index contributed by atoms with van der Waals surface area (Å²) in [6.45, 7) is 14.6. The Hall–Kier alpha value is -6.42. The normalized spacial score (nSPS) is 13.4. The second kappa shape index (κ2) is 16.1. The van der Waals surface area contributed by atoms with Crippen molar-refractivity contribution in [3.8, 4) is 39.6 Å². The van der Waals surface area contributed by atoms with Crippen molar-refractivity contribution in [2.24, 2.45) is 0 Å². The zero-order chi connectivity index (χ0) is 44.5. The minimum Gasteiger partial charge on any atom is -0.509 e. The van der Waals surface area contributed by atoms with Crippen molar-refractivity contribution in [1.82, 2.24) is 9.55 Å². The zero-order valence-electron chi connectivity index (χ0n) is 38.5. The van der Waals surface area contributed by atoms with Crippen molar-refractivity contribution >= 4 is 44.6 Å². The molecule has 3 heterocycles. The molecule has 9 aromatic rings. The van der Waals surface area contributed by atoms with Crippen LogP contribution in [0.1, 0.15) is 56.8 Å². The first-order chi connectivity index (χ1) is 30.8. The third-order valence-corrected chi connectivity index (χ3v) is 11.4. The fourth-order valence-corrected chi connectivity index (χ4v) is 8.19. The van der Waals surface area contributed by atoms with Crippen molar-refractivity contribution in [2.75, 3.05) is 9.80 Å². The summed E-state index contributed by atoms with van der Waals surface area (Å²) in [5.74, 6) is 1.28. The molecule has 7 aromatic carbocycles. The molecule has 0 spiro atoms. The standard InChI is InChI=1S/C56H47N4O.Pt/c1-55(2,3)40-30-31-57-53(34-40)60-49-25-14-13-22-47(49)48-29-28-43(36-52(48)60)61-44-33-41(56(4,5)6)32-42(35-44)58-37-59(51-27-16-15-26-50(51)58)54-45(38-18-9-7-10-19-38)23-17-24-46(54)39-20-11-8-12-21-39;/h7-34,37H,1-6H3;/q-3;/i30D,31D,34D;. The first kappa shape index (κ1) is 37.3. The van der Waals surface area contributed by atoms with Crippen LogP contribution >= 0.6 is 0 Å². The Balaban J connectivity index is 0.00000533. The number of fused-ring (bicyclic) bond motifs is 4. The molecule has 0 bridgehead atoms. The summed E-state index contributed by atoms with van der Waals surface area (Å²) in [6, 6.07) is 59.5. The van der Waals surface area contributed by atoms with Crippen LogP contribution in [0.25, 0.3) is 49.9 Å². The molecule has 2 aromatic heterocycles. The molecule has 62 heavy (non-hydrogen) atoms. The van der Waals surface area contributed by atoms with Crippen molar-refractivity contribution in [2.45, 2.75) is 52.4 Å². The van der Waals surface area contributed by atoms with E-state index in [2.05, 4.69) is 164 Å². The van der Waals surface area contributed by atoms with E-state index in [9.17, 15) is 1.37 Å². The molecular weight excluding hydrogens is 940 g/mol. The summed E-state index contributed by atoms with van der Waals surface area (Å²) in [4.78, 5) is 9.06. The molecule has 5 nitrogen and oxygen atoms in total. The zero-order valence-corrected chi connectivity index (χ0v) is 37.8. The third kappa shape index (κ3) is 7.49. The summed E-state index contributed by atoms with van der Waals surface area (Å²) < 4.78 is 35.5. The number of hydrogen-bond acceptors (Lipinski definition) is 4. The number of anilines is 4. The molecule has 10 rings (SSSR count).